The van der Waals surface area contributed by atoms with Crippen molar-refractivity contribution < 1.29 is 4.52 Å². The monoisotopic (exact) mass is 415 g/mol. The van der Waals surface area contributed by atoms with E-state index in [1.807, 2.05) is 12.1 Å². The highest BCUT2D eigenvalue weighted by atomic mass is 16.5. The van der Waals surface area contributed by atoms with Gasteiger partial charge in [-0.15, -0.1) is 0 Å². The molecule has 0 atom stereocenters. The minimum Gasteiger partial charge on any atom is -0.382 e. The molecule has 1 N–H and O–H groups in total. The fraction of sp³-hybridized carbons (Fsp3) is 0.348. The minimum atomic E-state index is 0.211. The Morgan fingerprint density at radius 1 is 1.10 bits per heavy atom. The van der Waals surface area contributed by atoms with Crippen molar-refractivity contribution >= 4 is 16.7 Å². The van der Waals surface area contributed by atoms with Crippen LogP contribution in [-0.4, -0.2) is 30.9 Å². The summed E-state index contributed by atoms with van der Waals surface area (Å²) in [4.78, 5) is 9.00. The van der Waals surface area contributed by atoms with Crippen molar-refractivity contribution in [3.63, 3.8) is 0 Å². The van der Waals surface area contributed by atoms with Crippen molar-refractivity contribution in [1.82, 2.24) is 24.9 Å². The van der Waals surface area contributed by atoms with Gasteiger partial charge in [0.2, 0.25) is 0 Å². The van der Waals surface area contributed by atoms with Gasteiger partial charge in [0.1, 0.15) is 6.07 Å². The summed E-state index contributed by atoms with van der Waals surface area (Å²) in [5.74, 6) is 1.92. The van der Waals surface area contributed by atoms with Crippen LogP contribution < -0.4 is 5.32 Å². The van der Waals surface area contributed by atoms with E-state index in [0.29, 0.717) is 28.7 Å². The van der Waals surface area contributed by atoms with E-state index in [9.17, 15) is 0 Å². The molecule has 0 bridgehead atoms. The highest BCUT2D eigenvalue weighted by molar-refractivity contribution is 5.79. The average Bonchev–Trinajstić information content (AvgIpc) is 3.38. The largest absolute Gasteiger partial charge is 0.382 e. The van der Waals surface area contributed by atoms with Gasteiger partial charge >= 0.3 is 0 Å². The lowest BCUT2D eigenvalue weighted by atomic mass is 10.1. The van der Waals surface area contributed by atoms with Gasteiger partial charge in [0, 0.05) is 36.0 Å². The van der Waals surface area contributed by atoms with Crippen molar-refractivity contribution in [3.8, 4) is 23.2 Å². The summed E-state index contributed by atoms with van der Waals surface area (Å²) in [7, 11) is 0. The summed E-state index contributed by atoms with van der Waals surface area (Å²) < 4.78 is 7.30. The molecule has 4 aromatic heterocycles. The summed E-state index contributed by atoms with van der Waals surface area (Å²) >= 11 is 0. The zero-order valence-electron chi connectivity index (χ0n) is 18.1. The molecule has 0 saturated carbocycles. The number of nitriles is 1. The Hall–Kier alpha value is -3.73. The van der Waals surface area contributed by atoms with Gasteiger partial charge in [0.05, 0.1) is 28.7 Å². The lowest BCUT2D eigenvalue weighted by Crippen LogP contribution is -2.12. The van der Waals surface area contributed by atoms with Crippen LogP contribution >= 0.6 is 0 Å². The van der Waals surface area contributed by atoms with E-state index in [1.54, 1.807) is 23.1 Å². The predicted octanol–water partition coefficient (Wildman–Crippen LogP) is 4.75. The van der Waals surface area contributed by atoms with Gasteiger partial charge in [-0.05, 0) is 38.7 Å². The third-order valence-electron chi connectivity index (χ3n) is 4.89. The Labute approximate surface area is 180 Å². The Bertz CT molecular complexity index is 1250. The molecular formula is C23H25N7O. The molecule has 0 aliphatic rings. The predicted molar refractivity (Wildman–Crippen MR) is 119 cm³/mol. The highest BCUT2D eigenvalue weighted by Crippen LogP contribution is 2.31. The fourth-order valence-corrected chi connectivity index (χ4v) is 3.33. The molecule has 4 rings (SSSR count). The second-order valence-electron chi connectivity index (χ2n) is 8.31. The van der Waals surface area contributed by atoms with E-state index >= 15 is 0 Å². The van der Waals surface area contributed by atoms with Gasteiger partial charge in [-0.25, -0.2) is 9.97 Å². The SMILES string of the molecule is CC(C)CCc1cc(-c2cnc(-n3ncc4cc(C#N)cnc43)cc2NC(C)C)on1. The first-order chi connectivity index (χ1) is 14.9. The molecule has 0 fully saturated rings. The van der Waals surface area contributed by atoms with Crippen LogP contribution in [0, 0.1) is 17.2 Å². The Morgan fingerprint density at radius 2 is 1.94 bits per heavy atom. The van der Waals surface area contributed by atoms with Crippen molar-refractivity contribution in [2.75, 3.05) is 5.32 Å². The van der Waals surface area contributed by atoms with Crippen LogP contribution in [-0.2, 0) is 6.42 Å². The molecular weight excluding hydrogens is 390 g/mol. The molecule has 0 saturated heterocycles. The zero-order valence-corrected chi connectivity index (χ0v) is 18.1. The third-order valence-corrected chi connectivity index (χ3v) is 4.89. The minimum absolute atomic E-state index is 0.211. The summed E-state index contributed by atoms with van der Waals surface area (Å²) in [6.07, 6.45) is 6.94. The van der Waals surface area contributed by atoms with E-state index < -0.39 is 0 Å². The molecule has 8 heteroatoms. The van der Waals surface area contributed by atoms with Crippen LogP contribution in [0.15, 0.2) is 41.3 Å². The molecule has 8 nitrogen and oxygen atoms in total. The molecule has 0 spiro atoms. The van der Waals surface area contributed by atoms with E-state index in [0.717, 1.165) is 35.2 Å². The van der Waals surface area contributed by atoms with Crippen LogP contribution in [0.1, 0.15) is 45.4 Å². The molecule has 0 aromatic carbocycles. The molecule has 4 aromatic rings. The Balaban J connectivity index is 1.72. The highest BCUT2D eigenvalue weighted by Gasteiger charge is 2.16. The number of nitrogens with one attached hydrogen (secondary N) is 1. The lowest BCUT2D eigenvalue weighted by molar-refractivity contribution is 0.419. The molecule has 4 heterocycles. The molecule has 0 amide bonds. The smallest absolute Gasteiger partial charge is 0.170 e. The number of rotatable bonds is 7. The number of hydrogen-bond donors (Lipinski definition) is 1. The zero-order chi connectivity index (χ0) is 22.0. The van der Waals surface area contributed by atoms with Gasteiger partial charge < -0.3 is 9.84 Å². The second kappa shape index (κ2) is 8.56. The number of hydrogen-bond acceptors (Lipinski definition) is 7. The number of aryl methyl sites for hydroxylation is 1. The van der Waals surface area contributed by atoms with Crippen molar-refractivity contribution in [2.45, 2.75) is 46.6 Å². The standard InChI is InChI=1S/C23H25N7O/c1-14(2)5-6-18-8-21(31-29-18)19-13-25-22(9-20(19)28-15(3)4)30-23-17(12-27-30)7-16(10-24)11-26-23/h7-9,11-15H,5-6H2,1-4H3,(H,25,28). The van der Waals surface area contributed by atoms with Gasteiger partial charge in [0.25, 0.3) is 0 Å². The summed E-state index contributed by atoms with van der Waals surface area (Å²) in [6, 6.07) is 7.99. The van der Waals surface area contributed by atoms with Crippen LogP contribution in [0.4, 0.5) is 5.69 Å². The molecule has 0 aliphatic carbocycles. The fourth-order valence-electron chi connectivity index (χ4n) is 3.33. The number of pyridine rings is 2. The van der Waals surface area contributed by atoms with E-state index in [4.69, 9.17) is 9.78 Å². The summed E-state index contributed by atoms with van der Waals surface area (Å²) in [5, 5.41) is 22.0. The van der Waals surface area contributed by atoms with E-state index in [1.165, 1.54) is 6.20 Å². The third kappa shape index (κ3) is 4.40. The maximum Gasteiger partial charge on any atom is 0.170 e. The molecule has 0 radical (unpaired) electrons. The van der Waals surface area contributed by atoms with Gasteiger partial charge in [-0.2, -0.15) is 15.0 Å². The quantitative estimate of drug-likeness (QED) is 0.464. The first-order valence-corrected chi connectivity index (χ1v) is 10.4. The number of fused-ring (bicyclic) bond motifs is 1. The summed E-state index contributed by atoms with van der Waals surface area (Å²) in [6.45, 7) is 8.55. The molecule has 158 valence electrons. The van der Waals surface area contributed by atoms with Crippen LogP contribution in [0.3, 0.4) is 0 Å². The molecule has 0 aliphatic heterocycles. The first kappa shape index (κ1) is 20.5. The second-order valence-corrected chi connectivity index (χ2v) is 8.31. The summed E-state index contributed by atoms with van der Waals surface area (Å²) in [5.41, 5.74) is 3.81. The maximum absolute atomic E-state index is 9.09. The van der Waals surface area contributed by atoms with Crippen molar-refractivity contribution in [1.29, 1.82) is 5.26 Å². The van der Waals surface area contributed by atoms with E-state index in [-0.39, 0.29) is 6.04 Å². The molecule has 0 unspecified atom stereocenters. The van der Waals surface area contributed by atoms with E-state index in [2.05, 4.69) is 59.3 Å². The van der Waals surface area contributed by atoms with Crippen molar-refractivity contribution in [2.24, 2.45) is 5.92 Å². The Kier molecular flexibility index (Phi) is 5.67. The van der Waals surface area contributed by atoms with Crippen LogP contribution in [0.25, 0.3) is 28.2 Å². The normalized spacial score (nSPS) is 11.4. The lowest BCUT2D eigenvalue weighted by Gasteiger charge is -2.14. The van der Waals surface area contributed by atoms with Gasteiger partial charge in [-0.1, -0.05) is 19.0 Å². The molecule has 31 heavy (non-hydrogen) atoms. The number of nitrogens with zero attached hydrogens (tertiary/aromatic N) is 6. The first-order valence-electron chi connectivity index (χ1n) is 10.4. The van der Waals surface area contributed by atoms with Crippen LogP contribution in [0.5, 0.6) is 0 Å². The average molecular weight is 416 g/mol. The van der Waals surface area contributed by atoms with Gasteiger partial charge in [0.15, 0.2) is 17.2 Å². The van der Waals surface area contributed by atoms with Crippen molar-refractivity contribution in [3.05, 3.63) is 48.0 Å². The number of aromatic nitrogens is 5. The van der Waals surface area contributed by atoms with Gasteiger partial charge in [-0.3, -0.25) is 0 Å². The maximum atomic E-state index is 9.09. The number of anilines is 1. The van der Waals surface area contributed by atoms with Crippen LogP contribution in [0.2, 0.25) is 0 Å². The topological polar surface area (TPSA) is 105 Å². The Morgan fingerprint density at radius 3 is 2.68 bits per heavy atom.